The summed E-state index contributed by atoms with van der Waals surface area (Å²) in [5.41, 5.74) is 0. The molecule has 0 rings (SSSR count). The van der Waals surface area contributed by atoms with Crippen molar-refractivity contribution in [3.05, 3.63) is 12.3 Å². The van der Waals surface area contributed by atoms with Gasteiger partial charge < -0.3 is 9.53 Å². The van der Waals surface area contributed by atoms with E-state index in [-0.39, 0.29) is 5.78 Å². The molecule has 0 bridgehead atoms. The van der Waals surface area contributed by atoms with E-state index < -0.39 is 0 Å². The van der Waals surface area contributed by atoms with Crippen LogP contribution in [0, 0.1) is 0 Å². The molecule has 0 heterocycles. The van der Waals surface area contributed by atoms with Crippen LogP contribution in [0.5, 0.6) is 0 Å². The van der Waals surface area contributed by atoms with Crippen molar-refractivity contribution in [2.24, 2.45) is 0 Å². The number of ketones is 1. The Balaban J connectivity index is 3.06. The van der Waals surface area contributed by atoms with Gasteiger partial charge in [0.25, 0.3) is 0 Å². The molecule has 0 spiro atoms. The Hall–Kier alpha value is -0.790. The second-order valence-electron chi connectivity index (χ2n) is 3.19. The summed E-state index contributed by atoms with van der Waals surface area (Å²) in [5, 5.41) is 0. The predicted octanol–water partition coefficient (Wildman–Crippen LogP) is 3.08. The summed E-state index contributed by atoms with van der Waals surface area (Å²) < 4.78 is 5.20. The average molecular weight is 184 g/mol. The Morgan fingerprint density at radius 2 is 2.15 bits per heavy atom. The standard InChI is InChI=1S/C11H20O2/c1-3-4-5-6-9-13-10-7-8-11(2)12/h6,9H,3-5,7-8,10H2,1-2H3. The highest BCUT2D eigenvalue weighted by Crippen LogP contribution is 1.96. The molecule has 13 heavy (non-hydrogen) atoms. The summed E-state index contributed by atoms with van der Waals surface area (Å²) >= 11 is 0. The fourth-order valence-corrected chi connectivity index (χ4v) is 0.931. The molecule has 0 radical (unpaired) electrons. The van der Waals surface area contributed by atoms with Gasteiger partial charge in [-0.2, -0.15) is 0 Å². The lowest BCUT2D eigenvalue weighted by molar-refractivity contribution is -0.117. The number of hydrogen-bond acceptors (Lipinski definition) is 2. The highest BCUT2D eigenvalue weighted by Gasteiger charge is 1.91. The molecule has 0 aliphatic carbocycles. The second-order valence-corrected chi connectivity index (χ2v) is 3.19. The minimum Gasteiger partial charge on any atom is -0.502 e. The number of carbonyl (C=O) groups excluding carboxylic acids is 1. The zero-order valence-electron chi connectivity index (χ0n) is 8.71. The van der Waals surface area contributed by atoms with Crippen molar-refractivity contribution in [2.45, 2.75) is 46.0 Å². The monoisotopic (exact) mass is 184 g/mol. The fourth-order valence-electron chi connectivity index (χ4n) is 0.931. The molecule has 0 aliphatic heterocycles. The van der Waals surface area contributed by atoms with Crippen molar-refractivity contribution in [3.8, 4) is 0 Å². The first-order valence-electron chi connectivity index (χ1n) is 5.03. The SMILES string of the molecule is CCCCC=COCCCC(C)=O. The van der Waals surface area contributed by atoms with Crippen LogP contribution in [-0.4, -0.2) is 12.4 Å². The van der Waals surface area contributed by atoms with Gasteiger partial charge in [0.1, 0.15) is 5.78 Å². The zero-order chi connectivity index (χ0) is 9.94. The van der Waals surface area contributed by atoms with Gasteiger partial charge in [0, 0.05) is 6.42 Å². The van der Waals surface area contributed by atoms with Gasteiger partial charge in [-0.1, -0.05) is 13.3 Å². The maximum absolute atomic E-state index is 10.5. The molecular weight excluding hydrogens is 164 g/mol. The highest BCUT2D eigenvalue weighted by atomic mass is 16.5. The van der Waals surface area contributed by atoms with Gasteiger partial charge in [0.2, 0.25) is 0 Å². The molecule has 0 amide bonds. The average Bonchev–Trinajstić information content (AvgIpc) is 2.09. The van der Waals surface area contributed by atoms with Crippen molar-refractivity contribution >= 4 is 5.78 Å². The molecule has 0 aromatic heterocycles. The number of allylic oxidation sites excluding steroid dienone is 1. The fraction of sp³-hybridized carbons (Fsp3) is 0.727. The summed E-state index contributed by atoms with van der Waals surface area (Å²) in [5.74, 6) is 0.235. The minimum absolute atomic E-state index is 0.235. The van der Waals surface area contributed by atoms with Crippen LogP contribution in [0.1, 0.15) is 46.0 Å². The van der Waals surface area contributed by atoms with Gasteiger partial charge in [0.05, 0.1) is 12.9 Å². The third-order valence-corrected chi connectivity index (χ3v) is 1.71. The van der Waals surface area contributed by atoms with Crippen molar-refractivity contribution in [1.82, 2.24) is 0 Å². The van der Waals surface area contributed by atoms with Crippen LogP contribution in [0.4, 0.5) is 0 Å². The first-order chi connectivity index (χ1) is 6.27. The van der Waals surface area contributed by atoms with Gasteiger partial charge in [-0.3, -0.25) is 0 Å². The Bertz CT molecular complexity index is 150. The van der Waals surface area contributed by atoms with E-state index in [0.29, 0.717) is 13.0 Å². The van der Waals surface area contributed by atoms with E-state index in [1.165, 1.54) is 12.8 Å². The van der Waals surface area contributed by atoms with E-state index in [4.69, 9.17) is 4.74 Å². The Morgan fingerprint density at radius 3 is 2.77 bits per heavy atom. The molecule has 0 N–H and O–H groups in total. The van der Waals surface area contributed by atoms with Crippen molar-refractivity contribution < 1.29 is 9.53 Å². The Kier molecular flexibility index (Phi) is 8.73. The van der Waals surface area contributed by atoms with Crippen LogP contribution in [-0.2, 0) is 9.53 Å². The van der Waals surface area contributed by atoms with E-state index in [1.54, 1.807) is 13.2 Å². The molecule has 76 valence electrons. The number of carbonyl (C=O) groups is 1. The number of rotatable bonds is 8. The maximum Gasteiger partial charge on any atom is 0.129 e. The molecule has 0 aromatic carbocycles. The first-order valence-corrected chi connectivity index (χ1v) is 5.03. The van der Waals surface area contributed by atoms with Crippen LogP contribution in [0.15, 0.2) is 12.3 Å². The van der Waals surface area contributed by atoms with Crippen LogP contribution < -0.4 is 0 Å². The lowest BCUT2D eigenvalue weighted by Crippen LogP contribution is -1.94. The summed E-state index contributed by atoms with van der Waals surface area (Å²) in [7, 11) is 0. The lowest BCUT2D eigenvalue weighted by Gasteiger charge is -1.98. The predicted molar refractivity (Wildman–Crippen MR) is 54.5 cm³/mol. The number of ether oxygens (including phenoxy) is 1. The van der Waals surface area contributed by atoms with Crippen LogP contribution in [0.2, 0.25) is 0 Å². The molecule has 2 nitrogen and oxygen atoms in total. The third kappa shape index (κ3) is 11.2. The van der Waals surface area contributed by atoms with Gasteiger partial charge in [0.15, 0.2) is 0 Å². The van der Waals surface area contributed by atoms with Crippen LogP contribution >= 0.6 is 0 Å². The summed E-state index contributed by atoms with van der Waals surface area (Å²) in [6.07, 6.45) is 8.76. The molecule has 0 aliphatic rings. The van der Waals surface area contributed by atoms with Gasteiger partial charge in [-0.15, -0.1) is 0 Å². The molecule has 0 atom stereocenters. The summed E-state index contributed by atoms with van der Waals surface area (Å²) in [4.78, 5) is 10.5. The van der Waals surface area contributed by atoms with Gasteiger partial charge in [-0.05, 0) is 32.3 Å². The number of hydrogen-bond donors (Lipinski definition) is 0. The number of unbranched alkanes of at least 4 members (excludes halogenated alkanes) is 2. The van der Waals surface area contributed by atoms with Crippen molar-refractivity contribution in [3.63, 3.8) is 0 Å². The van der Waals surface area contributed by atoms with Gasteiger partial charge in [-0.25, -0.2) is 0 Å². The summed E-state index contributed by atoms with van der Waals surface area (Å²) in [6, 6.07) is 0. The number of Topliss-reactive ketones (excluding diaryl/α,β-unsaturated/α-hetero) is 1. The zero-order valence-corrected chi connectivity index (χ0v) is 8.71. The minimum atomic E-state index is 0.235. The quantitative estimate of drug-likeness (QED) is 0.428. The van der Waals surface area contributed by atoms with E-state index in [2.05, 4.69) is 6.92 Å². The Morgan fingerprint density at radius 1 is 1.38 bits per heavy atom. The molecular formula is C11H20O2. The van der Waals surface area contributed by atoms with E-state index >= 15 is 0 Å². The van der Waals surface area contributed by atoms with Crippen LogP contribution in [0.25, 0.3) is 0 Å². The van der Waals surface area contributed by atoms with Crippen LogP contribution in [0.3, 0.4) is 0 Å². The largest absolute Gasteiger partial charge is 0.502 e. The molecule has 0 fully saturated rings. The van der Waals surface area contributed by atoms with Crippen molar-refractivity contribution in [1.29, 1.82) is 0 Å². The topological polar surface area (TPSA) is 26.3 Å². The maximum atomic E-state index is 10.5. The van der Waals surface area contributed by atoms with E-state index in [9.17, 15) is 4.79 Å². The normalized spacial score (nSPS) is 10.6. The molecule has 0 saturated heterocycles. The summed E-state index contributed by atoms with van der Waals surface area (Å²) in [6.45, 7) is 4.43. The van der Waals surface area contributed by atoms with Crippen molar-refractivity contribution in [2.75, 3.05) is 6.61 Å². The second kappa shape index (κ2) is 9.30. The first kappa shape index (κ1) is 12.2. The molecule has 2 heteroatoms. The highest BCUT2D eigenvalue weighted by molar-refractivity contribution is 5.75. The Labute approximate surface area is 81.0 Å². The smallest absolute Gasteiger partial charge is 0.129 e. The molecule has 0 saturated carbocycles. The molecule has 0 aromatic rings. The third-order valence-electron chi connectivity index (χ3n) is 1.71. The van der Waals surface area contributed by atoms with E-state index in [0.717, 1.165) is 12.8 Å². The van der Waals surface area contributed by atoms with E-state index in [1.807, 2.05) is 6.08 Å². The molecule has 0 unspecified atom stereocenters. The van der Waals surface area contributed by atoms with Gasteiger partial charge >= 0.3 is 0 Å². The lowest BCUT2D eigenvalue weighted by atomic mass is 10.2.